The van der Waals surface area contributed by atoms with Gasteiger partial charge in [0, 0.05) is 40.7 Å². The number of nitrogens with two attached hydrogens (primary N) is 1. The van der Waals surface area contributed by atoms with Crippen LogP contribution in [-0.2, 0) is 6.42 Å². The molecule has 0 aromatic carbocycles. The van der Waals surface area contributed by atoms with E-state index >= 15 is 0 Å². The van der Waals surface area contributed by atoms with Crippen LogP contribution in [0.5, 0.6) is 5.75 Å². The first-order valence-corrected chi connectivity index (χ1v) is 7.79. The molecule has 0 spiro atoms. The predicted octanol–water partition coefficient (Wildman–Crippen LogP) is 1.98. The van der Waals surface area contributed by atoms with E-state index in [4.69, 9.17) is 10.6 Å². The Morgan fingerprint density at radius 1 is 1.58 bits per heavy atom. The van der Waals surface area contributed by atoms with Crippen LogP contribution in [0, 0.1) is 13.8 Å². The van der Waals surface area contributed by atoms with Gasteiger partial charge in [0.25, 0.3) is 0 Å². The zero-order valence-electron chi connectivity index (χ0n) is 11.9. The van der Waals surface area contributed by atoms with Crippen LogP contribution < -0.4 is 16.0 Å². The summed E-state index contributed by atoms with van der Waals surface area (Å²) >= 11 is 2.01. The third kappa shape index (κ3) is 3.22. The van der Waals surface area contributed by atoms with Gasteiger partial charge in [-0.3, -0.25) is 16.3 Å². The molecule has 1 aromatic heterocycles. The van der Waals surface area contributed by atoms with Crippen molar-refractivity contribution in [2.45, 2.75) is 44.4 Å². The lowest BCUT2D eigenvalue weighted by Gasteiger charge is -2.23. The molecule has 1 aliphatic heterocycles. The summed E-state index contributed by atoms with van der Waals surface area (Å²) in [6, 6.07) is 0.283. The molecule has 0 radical (unpaired) electrons. The smallest absolute Gasteiger partial charge is 0.128 e. The van der Waals surface area contributed by atoms with Gasteiger partial charge in [0.05, 0.1) is 7.11 Å². The fourth-order valence-corrected chi connectivity index (χ4v) is 4.08. The van der Waals surface area contributed by atoms with Crippen molar-refractivity contribution in [1.29, 1.82) is 0 Å². The van der Waals surface area contributed by atoms with Gasteiger partial charge in [0.15, 0.2) is 0 Å². The second kappa shape index (κ2) is 6.59. The molecule has 19 heavy (non-hydrogen) atoms. The van der Waals surface area contributed by atoms with E-state index in [0.717, 1.165) is 29.0 Å². The molecule has 0 bridgehead atoms. The molecule has 1 saturated heterocycles. The minimum Gasteiger partial charge on any atom is -0.496 e. The molecule has 5 heteroatoms. The van der Waals surface area contributed by atoms with E-state index in [2.05, 4.69) is 17.3 Å². The van der Waals surface area contributed by atoms with Crippen molar-refractivity contribution in [3.05, 3.63) is 23.0 Å². The van der Waals surface area contributed by atoms with Crippen molar-refractivity contribution >= 4 is 11.8 Å². The first-order valence-electron chi connectivity index (χ1n) is 6.74. The molecular formula is C14H23N3OS. The number of hydrazine groups is 1. The number of hydrogen-bond acceptors (Lipinski definition) is 5. The van der Waals surface area contributed by atoms with Crippen LogP contribution in [-0.4, -0.2) is 29.1 Å². The molecule has 2 heterocycles. The van der Waals surface area contributed by atoms with E-state index in [1.807, 2.05) is 24.9 Å². The average Bonchev–Trinajstić information content (AvgIpc) is 2.92. The summed E-state index contributed by atoms with van der Waals surface area (Å²) in [4.78, 5) is 4.56. The van der Waals surface area contributed by atoms with Crippen LogP contribution in [0.4, 0.5) is 0 Å². The van der Waals surface area contributed by atoms with Crippen molar-refractivity contribution in [1.82, 2.24) is 10.4 Å². The zero-order chi connectivity index (χ0) is 13.8. The third-order valence-electron chi connectivity index (χ3n) is 3.79. The molecule has 4 nitrogen and oxygen atoms in total. The highest BCUT2D eigenvalue weighted by atomic mass is 32.2. The van der Waals surface area contributed by atoms with Crippen molar-refractivity contribution in [3.8, 4) is 5.75 Å². The Bertz CT molecular complexity index is 433. The number of nitrogens with zero attached hydrogens (tertiary/aromatic N) is 1. The summed E-state index contributed by atoms with van der Waals surface area (Å²) in [6.07, 6.45) is 5.27. The Morgan fingerprint density at radius 2 is 2.37 bits per heavy atom. The molecular weight excluding hydrogens is 258 g/mol. The van der Waals surface area contributed by atoms with Gasteiger partial charge in [-0.05, 0) is 32.4 Å². The Balaban J connectivity index is 2.17. The summed E-state index contributed by atoms with van der Waals surface area (Å²) < 4.78 is 5.46. The van der Waals surface area contributed by atoms with E-state index in [1.54, 1.807) is 7.11 Å². The first-order chi connectivity index (χ1) is 9.17. The van der Waals surface area contributed by atoms with E-state index in [9.17, 15) is 0 Å². The summed E-state index contributed by atoms with van der Waals surface area (Å²) in [5, 5.41) is 0.596. The molecule has 2 unspecified atom stereocenters. The summed E-state index contributed by atoms with van der Waals surface area (Å²) in [5.74, 6) is 7.92. The van der Waals surface area contributed by atoms with Crippen LogP contribution >= 0.6 is 11.8 Å². The first kappa shape index (κ1) is 14.6. The number of ether oxygens (including phenoxy) is 1. The molecule has 0 saturated carbocycles. The van der Waals surface area contributed by atoms with Gasteiger partial charge in [-0.25, -0.2) is 0 Å². The van der Waals surface area contributed by atoms with Gasteiger partial charge in [-0.2, -0.15) is 11.8 Å². The number of aromatic nitrogens is 1. The second-order valence-electron chi connectivity index (χ2n) is 5.07. The van der Waals surface area contributed by atoms with E-state index in [0.29, 0.717) is 5.25 Å². The standard InChI is InChI=1S/C14H23N3OS/c1-9-8-16-11(10(2)14(9)18-3)7-12(17-15)13-5-4-6-19-13/h8,12-13,17H,4-7,15H2,1-3H3. The van der Waals surface area contributed by atoms with Gasteiger partial charge < -0.3 is 4.74 Å². The summed E-state index contributed by atoms with van der Waals surface area (Å²) in [7, 11) is 1.71. The largest absolute Gasteiger partial charge is 0.496 e. The highest BCUT2D eigenvalue weighted by molar-refractivity contribution is 8.00. The van der Waals surface area contributed by atoms with Gasteiger partial charge in [-0.15, -0.1) is 0 Å². The van der Waals surface area contributed by atoms with Crippen LogP contribution in [0.2, 0.25) is 0 Å². The number of methoxy groups -OCH3 is 1. The molecule has 2 atom stereocenters. The number of thioether (sulfide) groups is 1. The molecule has 0 amide bonds. The fourth-order valence-electron chi connectivity index (χ4n) is 2.70. The minimum absolute atomic E-state index is 0.283. The lowest BCUT2D eigenvalue weighted by molar-refractivity contribution is 0.405. The van der Waals surface area contributed by atoms with Crippen LogP contribution in [0.3, 0.4) is 0 Å². The topological polar surface area (TPSA) is 60.2 Å². The van der Waals surface area contributed by atoms with Crippen molar-refractivity contribution < 1.29 is 4.74 Å². The fraction of sp³-hybridized carbons (Fsp3) is 0.643. The maximum atomic E-state index is 5.73. The molecule has 0 aliphatic carbocycles. The summed E-state index contributed by atoms with van der Waals surface area (Å²) in [6.45, 7) is 4.09. The lowest BCUT2D eigenvalue weighted by atomic mass is 10.0. The molecule has 106 valence electrons. The highest BCUT2D eigenvalue weighted by Crippen LogP contribution is 2.31. The molecule has 1 aliphatic rings. The van der Waals surface area contributed by atoms with Gasteiger partial charge in [-0.1, -0.05) is 0 Å². The molecule has 3 N–H and O–H groups in total. The van der Waals surface area contributed by atoms with Gasteiger partial charge >= 0.3 is 0 Å². The summed E-state index contributed by atoms with van der Waals surface area (Å²) in [5.41, 5.74) is 6.26. The molecule has 1 fully saturated rings. The SMILES string of the molecule is COc1c(C)cnc(CC(NN)C2CCCS2)c1C. The quantitative estimate of drug-likeness (QED) is 0.638. The zero-order valence-corrected chi connectivity index (χ0v) is 12.7. The van der Waals surface area contributed by atoms with E-state index in [1.165, 1.54) is 18.6 Å². The number of rotatable bonds is 5. The maximum Gasteiger partial charge on any atom is 0.128 e. The predicted molar refractivity (Wildman–Crippen MR) is 80.6 cm³/mol. The Kier molecular flexibility index (Phi) is 5.07. The normalized spacial score (nSPS) is 20.5. The maximum absolute atomic E-state index is 5.73. The monoisotopic (exact) mass is 281 g/mol. The minimum atomic E-state index is 0.283. The highest BCUT2D eigenvalue weighted by Gasteiger charge is 2.26. The lowest BCUT2D eigenvalue weighted by Crippen LogP contribution is -2.43. The number of nitrogens with one attached hydrogen (secondary N) is 1. The number of hydrogen-bond donors (Lipinski definition) is 2. The van der Waals surface area contributed by atoms with Crippen molar-refractivity contribution in [2.24, 2.45) is 5.84 Å². The molecule has 1 aromatic rings. The van der Waals surface area contributed by atoms with Crippen LogP contribution in [0.25, 0.3) is 0 Å². The Labute approximate surface area is 119 Å². The van der Waals surface area contributed by atoms with Crippen LogP contribution in [0.1, 0.15) is 29.7 Å². The average molecular weight is 281 g/mol. The van der Waals surface area contributed by atoms with Gasteiger partial charge in [0.2, 0.25) is 0 Å². The number of pyridine rings is 1. The Hall–Kier alpha value is -0.780. The Morgan fingerprint density at radius 3 is 2.95 bits per heavy atom. The van der Waals surface area contributed by atoms with Gasteiger partial charge in [0.1, 0.15) is 5.75 Å². The molecule has 2 rings (SSSR count). The van der Waals surface area contributed by atoms with Crippen molar-refractivity contribution in [3.63, 3.8) is 0 Å². The second-order valence-corrected chi connectivity index (χ2v) is 6.42. The van der Waals surface area contributed by atoms with Crippen molar-refractivity contribution in [2.75, 3.05) is 12.9 Å². The number of aryl methyl sites for hydroxylation is 1. The van der Waals surface area contributed by atoms with E-state index in [-0.39, 0.29) is 6.04 Å². The third-order valence-corrected chi connectivity index (χ3v) is 5.31. The van der Waals surface area contributed by atoms with Crippen LogP contribution in [0.15, 0.2) is 6.20 Å². The van der Waals surface area contributed by atoms with E-state index < -0.39 is 0 Å².